The van der Waals surface area contributed by atoms with Crippen LogP contribution in [0.3, 0.4) is 0 Å². The highest BCUT2D eigenvalue weighted by molar-refractivity contribution is 5.85. The van der Waals surface area contributed by atoms with Crippen molar-refractivity contribution in [3.8, 4) is 0 Å². The largest absolute Gasteiger partial charge is 0.510 e. The molecule has 0 aromatic heterocycles. The molecule has 8 nitrogen and oxygen atoms in total. The van der Waals surface area contributed by atoms with Crippen LogP contribution in [-0.4, -0.2) is 80.9 Å². The molecule has 8 heteroatoms. The summed E-state index contributed by atoms with van der Waals surface area (Å²) in [6.45, 7) is 1.16. The highest BCUT2D eigenvalue weighted by atomic mass is 16.7. The number of nitrogens with zero attached hydrogens (tertiary/aromatic N) is 3. The maximum Gasteiger partial charge on any atom is 0.510 e. The van der Waals surface area contributed by atoms with Crippen LogP contribution >= 0.6 is 0 Å². The monoisotopic (exact) mass is 591 g/mol. The molecule has 1 saturated carbocycles. The van der Waals surface area contributed by atoms with Crippen LogP contribution in [-0.2, 0) is 31.8 Å². The van der Waals surface area contributed by atoms with E-state index in [0.717, 1.165) is 44.5 Å². The molecule has 4 rings (SSSR count). The van der Waals surface area contributed by atoms with Crippen LogP contribution < -0.4 is 0 Å². The Morgan fingerprint density at radius 1 is 0.930 bits per heavy atom. The van der Waals surface area contributed by atoms with E-state index >= 15 is 0 Å². The molecule has 0 radical (unpaired) electrons. The lowest BCUT2D eigenvalue weighted by atomic mass is 9.75. The molecule has 1 aliphatic carbocycles. The van der Waals surface area contributed by atoms with Crippen molar-refractivity contribution in [1.82, 2.24) is 9.80 Å². The average molecular weight is 592 g/mol. The Morgan fingerprint density at radius 3 is 2.14 bits per heavy atom. The summed E-state index contributed by atoms with van der Waals surface area (Å²) >= 11 is 0. The fourth-order valence-electron chi connectivity index (χ4n) is 6.77. The fourth-order valence-corrected chi connectivity index (χ4v) is 6.77. The van der Waals surface area contributed by atoms with Crippen molar-refractivity contribution in [2.45, 2.75) is 76.0 Å². The zero-order valence-electron chi connectivity index (χ0n) is 26.4. The smallest absolute Gasteiger partial charge is 0.469 e. The Balaban J connectivity index is 1.44. The second-order valence-corrected chi connectivity index (χ2v) is 12.3. The Kier molecular flexibility index (Phi) is 12.0. The number of hydrogen-bond acceptors (Lipinski definition) is 8. The third-order valence-electron chi connectivity index (χ3n) is 9.18. The van der Waals surface area contributed by atoms with Crippen molar-refractivity contribution in [3.05, 3.63) is 71.8 Å². The number of benzene rings is 2. The predicted molar refractivity (Wildman–Crippen MR) is 169 cm³/mol. The van der Waals surface area contributed by atoms with Crippen LogP contribution in [0.25, 0.3) is 0 Å². The second kappa shape index (κ2) is 15.9. The van der Waals surface area contributed by atoms with Gasteiger partial charge in [-0.1, -0.05) is 60.7 Å². The SMILES string of the molecule is COC(=O)CC[C@]1(OC(=O)OC)CN(CCc2ccccc2)C(CC2CCC(C(CCc3ccccc3)N(C)C)CC2)=N1. The van der Waals surface area contributed by atoms with E-state index in [1.165, 1.54) is 44.6 Å². The molecule has 43 heavy (non-hydrogen) atoms. The van der Waals surface area contributed by atoms with Crippen LogP contribution in [0.2, 0.25) is 0 Å². The predicted octanol–water partition coefficient (Wildman–Crippen LogP) is 6.14. The number of aryl methyl sites for hydroxylation is 1. The zero-order valence-corrected chi connectivity index (χ0v) is 26.4. The van der Waals surface area contributed by atoms with Gasteiger partial charge in [-0.3, -0.25) is 4.79 Å². The summed E-state index contributed by atoms with van der Waals surface area (Å²) in [5.74, 6) is 1.80. The Labute approximate surface area is 257 Å². The molecule has 1 fully saturated rings. The van der Waals surface area contributed by atoms with Crippen LogP contribution in [0.15, 0.2) is 65.7 Å². The number of rotatable bonds is 14. The minimum Gasteiger partial charge on any atom is -0.469 e. The molecule has 1 aliphatic heterocycles. The molecule has 234 valence electrons. The van der Waals surface area contributed by atoms with Gasteiger partial charge in [-0.15, -0.1) is 0 Å². The van der Waals surface area contributed by atoms with Gasteiger partial charge in [-0.05, 0) is 82.0 Å². The summed E-state index contributed by atoms with van der Waals surface area (Å²) in [6.07, 6.45) is 8.23. The van der Waals surface area contributed by atoms with Crippen LogP contribution in [0.1, 0.15) is 62.5 Å². The van der Waals surface area contributed by atoms with Gasteiger partial charge in [0.2, 0.25) is 5.72 Å². The molecule has 0 bridgehead atoms. The summed E-state index contributed by atoms with van der Waals surface area (Å²) in [4.78, 5) is 34.1. The molecule has 0 amide bonds. The first kappa shape index (κ1) is 32.5. The molecule has 0 saturated heterocycles. The third-order valence-corrected chi connectivity index (χ3v) is 9.18. The summed E-state index contributed by atoms with van der Waals surface area (Å²) in [6, 6.07) is 21.7. The number of hydrogen-bond donors (Lipinski definition) is 0. The first-order valence-electron chi connectivity index (χ1n) is 15.7. The molecular weight excluding hydrogens is 542 g/mol. The molecule has 0 spiro atoms. The minimum atomic E-state index is -1.17. The molecule has 2 aromatic rings. The van der Waals surface area contributed by atoms with Crippen molar-refractivity contribution in [1.29, 1.82) is 0 Å². The standard InChI is InChI=1S/C35H49N3O5/c1-37(2)31(20-17-27-11-7-5-8-12-27)30-18-15-29(16-19-30)25-32-36-35(43-34(40)42-4,23-21-33(39)41-3)26-38(32)24-22-28-13-9-6-10-14-28/h5-14,29-31H,15-26H2,1-4H3/t29?,30?,31?,35-/m0/s1. The van der Waals surface area contributed by atoms with Gasteiger partial charge in [0.25, 0.3) is 0 Å². The number of amidine groups is 1. The number of carbonyl (C=O) groups is 2. The van der Waals surface area contributed by atoms with E-state index in [1.54, 1.807) is 0 Å². The van der Waals surface area contributed by atoms with Crippen LogP contribution in [0.5, 0.6) is 0 Å². The van der Waals surface area contributed by atoms with Gasteiger partial charge in [0, 0.05) is 25.4 Å². The van der Waals surface area contributed by atoms with E-state index < -0.39 is 11.9 Å². The third kappa shape index (κ3) is 9.55. The number of esters is 1. The first-order valence-corrected chi connectivity index (χ1v) is 15.7. The number of methoxy groups -OCH3 is 2. The van der Waals surface area contributed by atoms with E-state index in [2.05, 4.69) is 78.5 Å². The van der Waals surface area contributed by atoms with Gasteiger partial charge in [0.05, 0.1) is 27.2 Å². The van der Waals surface area contributed by atoms with Gasteiger partial charge in [-0.25, -0.2) is 9.79 Å². The van der Waals surface area contributed by atoms with Gasteiger partial charge in [-0.2, -0.15) is 0 Å². The number of carbonyl (C=O) groups excluding carboxylic acids is 2. The van der Waals surface area contributed by atoms with Crippen molar-refractivity contribution >= 4 is 18.0 Å². The second-order valence-electron chi connectivity index (χ2n) is 12.3. The molecule has 0 N–H and O–H groups in total. The van der Waals surface area contributed by atoms with Gasteiger partial charge < -0.3 is 24.0 Å². The molecule has 1 unspecified atom stereocenters. The molecule has 2 atom stereocenters. The molecule has 2 aliphatic rings. The topological polar surface area (TPSA) is 80.7 Å². The van der Waals surface area contributed by atoms with E-state index in [1.807, 2.05) is 6.07 Å². The van der Waals surface area contributed by atoms with Crippen LogP contribution in [0, 0.1) is 11.8 Å². The Hall–Kier alpha value is -3.39. The maximum atomic E-state index is 12.3. The Morgan fingerprint density at radius 2 is 1.56 bits per heavy atom. The fraction of sp³-hybridized carbons (Fsp3) is 0.571. The lowest BCUT2D eigenvalue weighted by molar-refractivity contribution is -0.142. The maximum absolute atomic E-state index is 12.3. The van der Waals surface area contributed by atoms with Gasteiger partial charge >= 0.3 is 12.1 Å². The average Bonchev–Trinajstić information content (AvgIpc) is 3.36. The summed E-state index contributed by atoms with van der Waals surface area (Å²) in [7, 11) is 7.09. The number of ether oxygens (including phenoxy) is 3. The molecule has 1 heterocycles. The molecule has 2 aromatic carbocycles. The van der Waals surface area contributed by atoms with E-state index in [4.69, 9.17) is 19.2 Å². The quantitative estimate of drug-likeness (QED) is 0.244. The zero-order chi connectivity index (χ0) is 30.7. The Bertz CT molecular complexity index is 1180. The summed E-state index contributed by atoms with van der Waals surface area (Å²) in [5.41, 5.74) is 1.48. The van der Waals surface area contributed by atoms with Crippen molar-refractivity contribution < 1.29 is 23.8 Å². The van der Waals surface area contributed by atoms with E-state index in [0.29, 0.717) is 24.4 Å². The highest BCUT2D eigenvalue weighted by Crippen LogP contribution is 2.38. The normalized spacial score (nSPS) is 22.6. The lowest BCUT2D eigenvalue weighted by Crippen LogP contribution is -2.41. The van der Waals surface area contributed by atoms with Crippen molar-refractivity contribution in [2.75, 3.05) is 41.4 Å². The first-order chi connectivity index (χ1) is 20.8. The summed E-state index contributed by atoms with van der Waals surface area (Å²) in [5, 5.41) is 0. The minimum absolute atomic E-state index is 0.108. The number of aliphatic imine (C=N–C) groups is 1. The summed E-state index contributed by atoms with van der Waals surface area (Å²) < 4.78 is 15.5. The lowest BCUT2D eigenvalue weighted by Gasteiger charge is -2.38. The van der Waals surface area contributed by atoms with Gasteiger partial charge in [0.15, 0.2) is 0 Å². The van der Waals surface area contributed by atoms with Crippen molar-refractivity contribution in [2.24, 2.45) is 16.8 Å². The van der Waals surface area contributed by atoms with Crippen LogP contribution in [0.4, 0.5) is 4.79 Å². The molecular formula is C35H49N3O5. The van der Waals surface area contributed by atoms with Crippen molar-refractivity contribution in [3.63, 3.8) is 0 Å². The van der Waals surface area contributed by atoms with E-state index in [-0.39, 0.29) is 18.8 Å². The van der Waals surface area contributed by atoms with Gasteiger partial charge in [0.1, 0.15) is 5.84 Å². The highest BCUT2D eigenvalue weighted by Gasteiger charge is 2.44. The van der Waals surface area contributed by atoms with E-state index in [9.17, 15) is 9.59 Å².